The minimum atomic E-state index is -3.30. The van der Waals surface area contributed by atoms with Crippen LogP contribution in [0.3, 0.4) is 0 Å². The molecule has 5 nitrogen and oxygen atoms in total. The van der Waals surface area contributed by atoms with Crippen molar-refractivity contribution < 1.29 is 13.2 Å². The molecular formula is C9H10N2O3S. The summed E-state index contributed by atoms with van der Waals surface area (Å²) >= 11 is 0. The average Bonchev–Trinajstić information content (AvgIpc) is 2.57. The standard InChI is InChI=1S/C9H10N2O3S/c12-15(13)7-14-9(11-15)10-6-8-4-2-1-3-5-8/h1-5H,6-7H2,(H,10,11). The van der Waals surface area contributed by atoms with Crippen LogP contribution in [0.15, 0.2) is 35.3 Å². The summed E-state index contributed by atoms with van der Waals surface area (Å²) in [4.78, 5) is 3.99. The van der Waals surface area contributed by atoms with Gasteiger partial charge in [-0.25, -0.2) is 18.1 Å². The number of aliphatic imine (C=N–C) groups is 1. The molecule has 0 atom stereocenters. The first kappa shape index (κ1) is 9.97. The zero-order valence-electron chi connectivity index (χ0n) is 7.88. The Labute approximate surface area is 87.8 Å². The van der Waals surface area contributed by atoms with Crippen LogP contribution in [-0.4, -0.2) is 20.4 Å². The molecule has 1 aliphatic rings. The maximum atomic E-state index is 10.9. The third-order valence-corrected chi connectivity index (χ3v) is 2.76. The van der Waals surface area contributed by atoms with E-state index in [1.54, 1.807) is 0 Å². The zero-order valence-corrected chi connectivity index (χ0v) is 8.70. The van der Waals surface area contributed by atoms with E-state index >= 15 is 0 Å². The van der Waals surface area contributed by atoms with Crippen molar-refractivity contribution in [2.75, 3.05) is 5.94 Å². The Bertz CT molecular complexity index is 467. The number of hydrogen-bond donors (Lipinski definition) is 1. The molecule has 0 aromatic heterocycles. The molecule has 1 fully saturated rings. The predicted molar refractivity (Wildman–Crippen MR) is 55.6 cm³/mol. The fourth-order valence-corrected chi connectivity index (χ4v) is 1.87. The monoisotopic (exact) mass is 226 g/mol. The van der Waals surface area contributed by atoms with Crippen molar-refractivity contribution in [2.45, 2.75) is 6.54 Å². The van der Waals surface area contributed by atoms with Crippen molar-refractivity contribution in [2.24, 2.45) is 4.99 Å². The van der Waals surface area contributed by atoms with Crippen LogP contribution in [-0.2, 0) is 21.3 Å². The zero-order chi connectivity index (χ0) is 10.7. The van der Waals surface area contributed by atoms with Gasteiger partial charge in [0.05, 0.1) is 6.54 Å². The van der Waals surface area contributed by atoms with Gasteiger partial charge in [-0.1, -0.05) is 30.3 Å². The summed E-state index contributed by atoms with van der Waals surface area (Å²) < 4.78 is 28.9. The molecule has 2 rings (SSSR count). The lowest BCUT2D eigenvalue weighted by molar-refractivity contribution is 0.376. The normalized spacial score (nSPS) is 20.9. The van der Waals surface area contributed by atoms with E-state index in [1.165, 1.54) is 0 Å². The van der Waals surface area contributed by atoms with Crippen molar-refractivity contribution >= 4 is 16.0 Å². The number of ether oxygens (including phenoxy) is 1. The SMILES string of the molecule is O=S1(=O)COC(=NCc2ccccc2)N1. The average molecular weight is 226 g/mol. The molecule has 0 radical (unpaired) electrons. The van der Waals surface area contributed by atoms with Gasteiger partial charge >= 0.3 is 0 Å². The van der Waals surface area contributed by atoms with Gasteiger partial charge in [0.15, 0.2) is 0 Å². The number of nitrogens with one attached hydrogen (secondary N) is 1. The minimum absolute atomic E-state index is 0.0684. The van der Waals surface area contributed by atoms with E-state index in [4.69, 9.17) is 4.74 Å². The van der Waals surface area contributed by atoms with Crippen molar-refractivity contribution in [3.63, 3.8) is 0 Å². The second kappa shape index (κ2) is 3.90. The Morgan fingerprint density at radius 2 is 2.07 bits per heavy atom. The van der Waals surface area contributed by atoms with E-state index in [1.807, 2.05) is 30.3 Å². The molecule has 80 valence electrons. The predicted octanol–water partition coefficient (Wildman–Crippen LogP) is 0.450. The Morgan fingerprint density at radius 1 is 1.33 bits per heavy atom. The first-order valence-corrected chi connectivity index (χ1v) is 6.03. The summed E-state index contributed by atoms with van der Waals surface area (Å²) in [5.41, 5.74) is 1.000. The Morgan fingerprint density at radius 3 is 2.67 bits per heavy atom. The lowest BCUT2D eigenvalue weighted by atomic mass is 10.2. The highest BCUT2D eigenvalue weighted by Crippen LogP contribution is 2.03. The second-order valence-electron chi connectivity index (χ2n) is 3.09. The molecule has 1 aromatic rings. The van der Waals surface area contributed by atoms with Gasteiger partial charge < -0.3 is 4.74 Å². The van der Waals surface area contributed by atoms with Crippen LogP contribution in [0.2, 0.25) is 0 Å². The quantitative estimate of drug-likeness (QED) is 0.796. The molecule has 1 N–H and O–H groups in total. The maximum Gasteiger partial charge on any atom is 0.300 e. The molecule has 0 unspecified atom stereocenters. The molecule has 1 saturated heterocycles. The van der Waals surface area contributed by atoms with Gasteiger partial charge in [-0.15, -0.1) is 0 Å². The Hall–Kier alpha value is -1.56. The lowest BCUT2D eigenvalue weighted by Crippen LogP contribution is -2.21. The van der Waals surface area contributed by atoms with Crippen LogP contribution in [0.4, 0.5) is 0 Å². The van der Waals surface area contributed by atoms with E-state index in [2.05, 4.69) is 9.71 Å². The number of sulfonamides is 1. The van der Waals surface area contributed by atoms with Crippen LogP contribution in [0.5, 0.6) is 0 Å². The van der Waals surface area contributed by atoms with Gasteiger partial charge in [0.1, 0.15) is 0 Å². The summed E-state index contributed by atoms with van der Waals surface area (Å²) in [5, 5.41) is 0. The number of hydrogen-bond acceptors (Lipinski definition) is 4. The van der Waals surface area contributed by atoms with Crippen LogP contribution < -0.4 is 4.72 Å². The molecule has 0 spiro atoms. The van der Waals surface area contributed by atoms with Crippen molar-refractivity contribution in [1.82, 2.24) is 4.72 Å². The molecule has 1 aromatic carbocycles. The topological polar surface area (TPSA) is 67.8 Å². The summed E-state index contributed by atoms with van der Waals surface area (Å²) in [7, 11) is -3.30. The third-order valence-electron chi connectivity index (χ3n) is 1.84. The van der Waals surface area contributed by atoms with E-state index in [0.29, 0.717) is 6.54 Å². The summed E-state index contributed by atoms with van der Waals surface area (Å²) in [6.07, 6.45) is 0. The Balaban J connectivity index is 2.02. The van der Waals surface area contributed by atoms with Gasteiger partial charge in [0.25, 0.3) is 16.0 Å². The molecular weight excluding hydrogens is 216 g/mol. The van der Waals surface area contributed by atoms with Gasteiger partial charge in [-0.2, -0.15) is 0 Å². The van der Waals surface area contributed by atoms with E-state index in [-0.39, 0.29) is 12.0 Å². The minimum Gasteiger partial charge on any atom is -0.446 e. The van der Waals surface area contributed by atoms with Gasteiger partial charge in [-0.05, 0) is 5.56 Å². The molecule has 0 amide bonds. The number of nitrogens with zero attached hydrogens (tertiary/aromatic N) is 1. The summed E-state index contributed by atoms with van der Waals surface area (Å²) in [6, 6.07) is 9.59. The highest BCUT2D eigenvalue weighted by atomic mass is 32.2. The molecule has 0 saturated carbocycles. The number of rotatable bonds is 2. The van der Waals surface area contributed by atoms with Crippen LogP contribution >= 0.6 is 0 Å². The Kier molecular flexibility index (Phi) is 2.59. The summed E-state index contributed by atoms with van der Waals surface area (Å²) in [5.74, 6) is -0.347. The van der Waals surface area contributed by atoms with Crippen molar-refractivity contribution in [1.29, 1.82) is 0 Å². The van der Waals surface area contributed by atoms with Crippen LogP contribution in [0.25, 0.3) is 0 Å². The number of amidine groups is 1. The van der Waals surface area contributed by atoms with Gasteiger partial charge in [0.2, 0.25) is 5.94 Å². The maximum absolute atomic E-state index is 10.9. The second-order valence-corrected chi connectivity index (χ2v) is 4.76. The molecule has 6 heteroatoms. The van der Waals surface area contributed by atoms with Crippen LogP contribution in [0, 0.1) is 0 Å². The molecule has 0 aliphatic carbocycles. The smallest absolute Gasteiger partial charge is 0.300 e. The van der Waals surface area contributed by atoms with E-state index < -0.39 is 10.0 Å². The van der Waals surface area contributed by atoms with E-state index in [0.717, 1.165) is 5.56 Å². The van der Waals surface area contributed by atoms with Gasteiger partial charge in [-0.3, -0.25) is 0 Å². The highest BCUT2D eigenvalue weighted by molar-refractivity contribution is 7.90. The van der Waals surface area contributed by atoms with Crippen molar-refractivity contribution in [3.8, 4) is 0 Å². The fourth-order valence-electron chi connectivity index (χ4n) is 1.15. The molecule has 1 heterocycles. The first-order chi connectivity index (χ1) is 7.16. The summed E-state index contributed by atoms with van der Waals surface area (Å²) in [6.45, 7) is 0.401. The highest BCUT2D eigenvalue weighted by Gasteiger charge is 2.23. The molecule has 1 aliphatic heterocycles. The molecule has 0 bridgehead atoms. The van der Waals surface area contributed by atoms with Crippen molar-refractivity contribution in [3.05, 3.63) is 35.9 Å². The largest absolute Gasteiger partial charge is 0.446 e. The number of benzene rings is 1. The fraction of sp³-hybridized carbons (Fsp3) is 0.222. The lowest BCUT2D eigenvalue weighted by Gasteiger charge is -1.96. The molecule has 15 heavy (non-hydrogen) atoms. The third kappa shape index (κ3) is 2.69. The first-order valence-electron chi connectivity index (χ1n) is 4.37. The van der Waals surface area contributed by atoms with Crippen LogP contribution in [0.1, 0.15) is 5.56 Å². The van der Waals surface area contributed by atoms with E-state index in [9.17, 15) is 8.42 Å². The van der Waals surface area contributed by atoms with Gasteiger partial charge in [0, 0.05) is 0 Å².